The van der Waals surface area contributed by atoms with Crippen LogP contribution in [0.25, 0.3) is 0 Å². The lowest BCUT2D eigenvalue weighted by Crippen LogP contribution is -2.40. The van der Waals surface area contributed by atoms with E-state index in [4.69, 9.17) is 0 Å². The largest absolute Gasteiger partial charge is 0.480 e. The number of hydrogen-bond donors (Lipinski definition) is 2. The van der Waals surface area contributed by atoms with Gasteiger partial charge in [-0.2, -0.15) is 0 Å². The second kappa shape index (κ2) is 6.08. The molecule has 0 aliphatic carbocycles. The summed E-state index contributed by atoms with van der Waals surface area (Å²) in [6.45, 7) is 1.98. The monoisotopic (exact) mass is 327 g/mol. The smallest absolute Gasteiger partial charge is 0.323 e. The molecule has 1 aliphatic heterocycles. The van der Waals surface area contributed by atoms with Gasteiger partial charge in [-0.15, -0.1) is 11.8 Å². The molecule has 1 amide bonds. The normalized spacial score (nSPS) is 23.5. The zero-order chi connectivity index (χ0) is 16.4. The number of aliphatic carboxylic acids is 1. The first-order valence-electron chi connectivity index (χ1n) is 7.35. The van der Waals surface area contributed by atoms with Crippen molar-refractivity contribution in [1.29, 1.82) is 0 Å². The molecule has 0 radical (unpaired) electrons. The number of carboxylic acid groups (broad SMARTS) is 1. The molecule has 3 rings (SSSR count). The van der Waals surface area contributed by atoms with Gasteiger partial charge in [0.25, 0.3) is 0 Å². The molecule has 2 unspecified atom stereocenters. The van der Waals surface area contributed by atoms with Crippen molar-refractivity contribution in [2.24, 2.45) is 0 Å². The summed E-state index contributed by atoms with van der Waals surface area (Å²) >= 11 is 1.24. The van der Waals surface area contributed by atoms with Crippen LogP contribution in [-0.4, -0.2) is 21.7 Å². The second-order valence-corrected chi connectivity index (χ2v) is 7.10. The van der Waals surface area contributed by atoms with Gasteiger partial charge in [-0.3, -0.25) is 9.59 Å². The van der Waals surface area contributed by atoms with Crippen LogP contribution in [0.2, 0.25) is 0 Å². The van der Waals surface area contributed by atoms with Gasteiger partial charge in [0.1, 0.15) is 0 Å². The highest BCUT2D eigenvalue weighted by atomic mass is 32.2. The molecule has 23 heavy (non-hydrogen) atoms. The maximum absolute atomic E-state index is 12.1. The van der Waals surface area contributed by atoms with Crippen molar-refractivity contribution in [2.75, 3.05) is 0 Å². The molecule has 0 spiro atoms. The molecular formula is C18H17NO3S. The maximum Gasteiger partial charge on any atom is 0.323 e. The van der Waals surface area contributed by atoms with E-state index in [9.17, 15) is 14.7 Å². The molecule has 1 saturated heterocycles. The summed E-state index contributed by atoms with van der Waals surface area (Å²) in [5.41, 5.74) is 1.92. The minimum Gasteiger partial charge on any atom is -0.480 e. The third-order valence-electron chi connectivity index (χ3n) is 4.01. The standard InChI is InChI=1S/C18H17NO3S/c1-12-7-9-14(10-8-12)23-18(17(21)22)11-15(20)19-16(18)13-5-3-2-4-6-13/h2-10,16H,11H2,1H3,(H,19,20)(H,21,22). The first kappa shape index (κ1) is 15.6. The van der Waals surface area contributed by atoms with Gasteiger partial charge in [0, 0.05) is 4.90 Å². The third kappa shape index (κ3) is 2.97. The topological polar surface area (TPSA) is 66.4 Å². The van der Waals surface area contributed by atoms with Gasteiger partial charge >= 0.3 is 5.97 Å². The van der Waals surface area contributed by atoms with Crippen molar-refractivity contribution in [3.05, 3.63) is 65.7 Å². The molecule has 1 aliphatic rings. The number of nitrogens with one attached hydrogen (secondary N) is 1. The van der Waals surface area contributed by atoms with Gasteiger partial charge in [-0.05, 0) is 24.6 Å². The third-order valence-corrected chi connectivity index (χ3v) is 5.44. The van der Waals surface area contributed by atoms with Crippen molar-refractivity contribution in [1.82, 2.24) is 5.32 Å². The predicted octanol–water partition coefficient (Wildman–Crippen LogP) is 3.17. The number of benzene rings is 2. The van der Waals surface area contributed by atoms with E-state index in [0.29, 0.717) is 0 Å². The number of carbonyl (C=O) groups is 2. The zero-order valence-electron chi connectivity index (χ0n) is 12.7. The van der Waals surface area contributed by atoms with E-state index < -0.39 is 16.8 Å². The van der Waals surface area contributed by atoms with Gasteiger partial charge in [-0.1, -0.05) is 48.0 Å². The summed E-state index contributed by atoms with van der Waals surface area (Å²) in [4.78, 5) is 25.0. The van der Waals surface area contributed by atoms with Crippen molar-refractivity contribution in [3.63, 3.8) is 0 Å². The molecule has 0 aromatic heterocycles. The fourth-order valence-electron chi connectivity index (χ4n) is 2.82. The van der Waals surface area contributed by atoms with Crippen molar-refractivity contribution in [3.8, 4) is 0 Å². The SMILES string of the molecule is Cc1ccc(SC2(C(=O)O)CC(=O)NC2c2ccccc2)cc1. The molecule has 1 fully saturated rings. The first-order chi connectivity index (χ1) is 11.0. The number of rotatable bonds is 4. The molecule has 5 heteroatoms. The Labute approximate surface area is 138 Å². The lowest BCUT2D eigenvalue weighted by molar-refractivity contribution is -0.140. The van der Waals surface area contributed by atoms with E-state index in [-0.39, 0.29) is 12.3 Å². The molecule has 118 valence electrons. The van der Waals surface area contributed by atoms with Crippen LogP contribution in [0, 0.1) is 6.92 Å². The number of carbonyl (C=O) groups excluding carboxylic acids is 1. The Morgan fingerprint density at radius 2 is 1.83 bits per heavy atom. The summed E-state index contributed by atoms with van der Waals surface area (Å²) in [7, 11) is 0. The number of thioether (sulfide) groups is 1. The molecule has 2 aromatic rings. The Bertz CT molecular complexity index is 730. The fraction of sp³-hybridized carbons (Fsp3) is 0.222. The van der Waals surface area contributed by atoms with E-state index in [1.165, 1.54) is 11.8 Å². The number of hydrogen-bond acceptors (Lipinski definition) is 3. The number of amides is 1. The average molecular weight is 327 g/mol. The van der Waals surface area contributed by atoms with Gasteiger partial charge in [-0.25, -0.2) is 0 Å². The minimum atomic E-state index is -1.24. The van der Waals surface area contributed by atoms with E-state index in [0.717, 1.165) is 16.0 Å². The Morgan fingerprint density at radius 1 is 1.17 bits per heavy atom. The highest BCUT2D eigenvalue weighted by Gasteiger charge is 2.54. The molecule has 2 aromatic carbocycles. The molecule has 2 atom stereocenters. The van der Waals surface area contributed by atoms with E-state index >= 15 is 0 Å². The fourth-order valence-corrected chi connectivity index (χ4v) is 4.12. The van der Waals surface area contributed by atoms with Crippen molar-refractivity contribution in [2.45, 2.75) is 29.0 Å². The van der Waals surface area contributed by atoms with Crippen LogP contribution in [-0.2, 0) is 9.59 Å². The zero-order valence-corrected chi connectivity index (χ0v) is 13.5. The Morgan fingerprint density at radius 3 is 2.43 bits per heavy atom. The first-order valence-corrected chi connectivity index (χ1v) is 8.16. The molecular weight excluding hydrogens is 310 g/mol. The van der Waals surface area contributed by atoms with E-state index in [2.05, 4.69) is 5.32 Å². The average Bonchev–Trinajstić information content (AvgIpc) is 2.88. The lowest BCUT2D eigenvalue weighted by atomic mass is 9.93. The lowest BCUT2D eigenvalue weighted by Gasteiger charge is -2.29. The van der Waals surface area contributed by atoms with E-state index in [1.807, 2.05) is 61.5 Å². The van der Waals surface area contributed by atoms with E-state index in [1.54, 1.807) is 0 Å². The van der Waals surface area contributed by atoms with Crippen LogP contribution in [0.15, 0.2) is 59.5 Å². The summed E-state index contributed by atoms with van der Waals surface area (Å²) in [6, 6.07) is 16.4. The summed E-state index contributed by atoms with van der Waals surface area (Å²) in [5, 5.41) is 12.7. The van der Waals surface area contributed by atoms with Crippen molar-refractivity contribution < 1.29 is 14.7 Å². The number of aryl methyl sites for hydroxylation is 1. The van der Waals surface area contributed by atoms with Gasteiger partial charge in [0.2, 0.25) is 5.91 Å². The Hall–Kier alpha value is -2.27. The minimum absolute atomic E-state index is 0.0412. The van der Waals surface area contributed by atoms with Crippen LogP contribution in [0.3, 0.4) is 0 Å². The van der Waals surface area contributed by atoms with Crippen LogP contribution in [0.4, 0.5) is 0 Å². The summed E-state index contributed by atoms with van der Waals surface area (Å²) in [6.07, 6.45) is -0.0412. The molecule has 2 N–H and O–H groups in total. The van der Waals surface area contributed by atoms with Crippen LogP contribution in [0.5, 0.6) is 0 Å². The predicted molar refractivity (Wildman–Crippen MR) is 89.3 cm³/mol. The Balaban J connectivity index is 2.02. The Kier molecular flexibility index (Phi) is 4.13. The second-order valence-electron chi connectivity index (χ2n) is 5.70. The number of carboxylic acids is 1. The van der Waals surface area contributed by atoms with Crippen LogP contribution < -0.4 is 5.32 Å². The van der Waals surface area contributed by atoms with Gasteiger partial charge in [0.05, 0.1) is 12.5 Å². The van der Waals surface area contributed by atoms with Gasteiger partial charge in [0.15, 0.2) is 4.75 Å². The molecule has 1 heterocycles. The molecule has 0 bridgehead atoms. The van der Waals surface area contributed by atoms with Gasteiger partial charge < -0.3 is 10.4 Å². The molecule has 4 nitrogen and oxygen atoms in total. The quantitative estimate of drug-likeness (QED) is 0.905. The summed E-state index contributed by atoms with van der Waals surface area (Å²) < 4.78 is -1.24. The van der Waals surface area contributed by atoms with Crippen LogP contribution in [0.1, 0.15) is 23.6 Å². The summed E-state index contributed by atoms with van der Waals surface area (Å²) in [5.74, 6) is -1.21. The van der Waals surface area contributed by atoms with Crippen molar-refractivity contribution >= 4 is 23.6 Å². The molecule has 0 saturated carbocycles. The van der Waals surface area contributed by atoms with Crippen LogP contribution >= 0.6 is 11.8 Å². The highest BCUT2D eigenvalue weighted by molar-refractivity contribution is 8.01. The maximum atomic E-state index is 12.1. The highest BCUT2D eigenvalue weighted by Crippen LogP contribution is 2.48.